The van der Waals surface area contributed by atoms with Gasteiger partial charge in [0.25, 0.3) is 5.91 Å². The molecule has 1 amide bonds. The topological polar surface area (TPSA) is 102 Å². The first-order chi connectivity index (χ1) is 12.7. The van der Waals surface area contributed by atoms with Gasteiger partial charge in [-0.2, -0.15) is 5.10 Å². The Morgan fingerprint density at radius 2 is 2.26 bits per heavy atom. The van der Waals surface area contributed by atoms with Crippen LogP contribution < -0.4 is 15.8 Å². The van der Waals surface area contributed by atoms with Crippen molar-refractivity contribution in [1.29, 1.82) is 0 Å². The first kappa shape index (κ1) is 19.3. The van der Waals surface area contributed by atoms with Crippen LogP contribution >= 0.6 is 0 Å². The molecule has 27 heavy (non-hydrogen) atoms. The Bertz CT molecular complexity index is 816. The van der Waals surface area contributed by atoms with Gasteiger partial charge in [0.1, 0.15) is 18.0 Å². The minimum Gasteiger partial charge on any atom is -0.486 e. The van der Waals surface area contributed by atoms with Crippen LogP contribution in [-0.4, -0.2) is 51.8 Å². The van der Waals surface area contributed by atoms with Gasteiger partial charge in [0, 0.05) is 18.3 Å². The third-order valence-electron chi connectivity index (χ3n) is 4.39. The molecule has 1 aromatic carbocycles. The van der Waals surface area contributed by atoms with Gasteiger partial charge >= 0.3 is 0 Å². The van der Waals surface area contributed by atoms with Crippen molar-refractivity contribution in [1.82, 2.24) is 15.1 Å². The second-order valence-corrected chi connectivity index (χ2v) is 7.48. The average molecular weight is 376 g/mol. The van der Waals surface area contributed by atoms with Crippen LogP contribution in [0.5, 0.6) is 5.75 Å². The number of nitrogens with two attached hydrogens (primary N) is 1. The van der Waals surface area contributed by atoms with Crippen molar-refractivity contribution in [2.75, 3.05) is 13.1 Å². The maximum atomic E-state index is 14.0. The van der Waals surface area contributed by atoms with Crippen LogP contribution in [0.1, 0.15) is 30.6 Å². The number of halogens is 1. The van der Waals surface area contributed by atoms with Gasteiger partial charge in [-0.25, -0.2) is 4.39 Å². The van der Waals surface area contributed by atoms with Gasteiger partial charge < -0.3 is 20.9 Å². The molecular weight excluding hydrogens is 351 g/mol. The maximum absolute atomic E-state index is 14.0. The molecule has 0 spiro atoms. The molecule has 3 rings (SSSR count). The Morgan fingerprint density at radius 1 is 1.48 bits per heavy atom. The Kier molecular flexibility index (Phi) is 5.48. The number of carbonyl (C=O) groups is 1. The molecule has 2 heterocycles. The summed E-state index contributed by atoms with van der Waals surface area (Å²) in [5, 5.41) is 17.1. The fourth-order valence-corrected chi connectivity index (χ4v) is 3.09. The van der Waals surface area contributed by atoms with Crippen LogP contribution in [0.3, 0.4) is 0 Å². The number of alkyl halides is 1. The molecule has 0 aliphatic carbocycles. The summed E-state index contributed by atoms with van der Waals surface area (Å²) in [7, 11) is 0. The first-order valence-corrected chi connectivity index (χ1v) is 8.93. The molecule has 1 aromatic heterocycles. The molecule has 0 bridgehead atoms. The second kappa shape index (κ2) is 7.66. The lowest BCUT2D eigenvalue weighted by Crippen LogP contribution is -2.44. The van der Waals surface area contributed by atoms with E-state index in [0.717, 1.165) is 11.1 Å². The molecule has 4 N–H and O–H groups in total. The van der Waals surface area contributed by atoms with Crippen molar-refractivity contribution >= 4 is 5.91 Å². The summed E-state index contributed by atoms with van der Waals surface area (Å²) >= 11 is 0. The fraction of sp³-hybridized carbons (Fsp3) is 0.474. The number of rotatable bonds is 6. The van der Waals surface area contributed by atoms with E-state index in [1.165, 1.54) is 0 Å². The molecule has 8 heteroatoms. The van der Waals surface area contributed by atoms with E-state index in [9.17, 15) is 14.3 Å². The standard InChI is InChI=1S/C19H25FN4O3/c1-19(2,26)11-24-10-13(8-23-24)12-3-4-16(14(7-12)18(21)25)27-17-5-6-22-9-15(17)20/h3-4,7-8,10,15,17,22,26H,5-6,9,11H2,1-2H3,(H2,21,25)/t15-,17+/m1/s1. The van der Waals surface area contributed by atoms with Crippen LogP contribution in [0.4, 0.5) is 4.39 Å². The van der Waals surface area contributed by atoms with Crippen LogP contribution in [0.25, 0.3) is 11.1 Å². The zero-order chi connectivity index (χ0) is 19.6. The Morgan fingerprint density at radius 3 is 2.93 bits per heavy atom. The highest BCUT2D eigenvalue weighted by atomic mass is 19.1. The van der Waals surface area contributed by atoms with Crippen molar-refractivity contribution in [3.63, 3.8) is 0 Å². The SMILES string of the molecule is CC(C)(O)Cn1cc(-c2ccc(O[C@H]3CCNC[C@H]3F)c(C(N)=O)c2)cn1. The van der Waals surface area contributed by atoms with Crippen molar-refractivity contribution in [3.05, 3.63) is 36.2 Å². The average Bonchev–Trinajstić information content (AvgIpc) is 3.03. The number of hydrogen-bond acceptors (Lipinski definition) is 5. The number of aromatic nitrogens is 2. The molecule has 7 nitrogen and oxygen atoms in total. The van der Waals surface area contributed by atoms with Gasteiger partial charge in [0.15, 0.2) is 0 Å². The van der Waals surface area contributed by atoms with Crippen molar-refractivity contribution < 1.29 is 19.0 Å². The van der Waals surface area contributed by atoms with Crippen molar-refractivity contribution in [2.45, 2.75) is 44.7 Å². The number of ether oxygens (including phenoxy) is 1. The molecule has 1 fully saturated rings. The number of hydrogen-bond donors (Lipinski definition) is 3. The quantitative estimate of drug-likeness (QED) is 0.709. The van der Waals surface area contributed by atoms with Gasteiger partial charge in [0.05, 0.1) is 23.9 Å². The molecule has 0 saturated carbocycles. The monoisotopic (exact) mass is 376 g/mol. The Hall–Kier alpha value is -2.45. The van der Waals surface area contributed by atoms with Crippen LogP contribution in [0, 0.1) is 0 Å². The largest absolute Gasteiger partial charge is 0.486 e. The van der Waals surface area contributed by atoms with E-state index in [2.05, 4.69) is 10.4 Å². The third-order valence-corrected chi connectivity index (χ3v) is 4.39. The summed E-state index contributed by atoms with van der Waals surface area (Å²) in [5.41, 5.74) is 6.33. The number of carbonyl (C=O) groups excluding carboxylic acids is 1. The number of benzene rings is 1. The highest BCUT2D eigenvalue weighted by Gasteiger charge is 2.27. The maximum Gasteiger partial charge on any atom is 0.252 e. The Balaban J connectivity index is 1.84. The van der Waals surface area contributed by atoms with E-state index < -0.39 is 23.8 Å². The predicted octanol–water partition coefficient (Wildman–Crippen LogP) is 1.50. The summed E-state index contributed by atoms with van der Waals surface area (Å²) in [6.45, 7) is 4.63. The number of nitrogens with zero attached hydrogens (tertiary/aromatic N) is 2. The predicted molar refractivity (Wildman–Crippen MR) is 99.3 cm³/mol. The lowest BCUT2D eigenvalue weighted by molar-refractivity contribution is 0.0577. The zero-order valence-electron chi connectivity index (χ0n) is 15.5. The molecule has 2 aromatic rings. The number of primary amides is 1. The number of nitrogens with one attached hydrogen (secondary N) is 1. The van der Waals surface area contributed by atoms with Gasteiger partial charge in [-0.15, -0.1) is 0 Å². The van der Waals surface area contributed by atoms with Gasteiger partial charge in [-0.05, 0) is 44.5 Å². The van der Waals surface area contributed by atoms with Crippen molar-refractivity contribution in [3.8, 4) is 16.9 Å². The third kappa shape index (κ3) is 4.84. The number of aliphatic hydroxyl groups is 1. The zero-order valence-corrected chi connectivity index (χ0v) is 15.5. The van der Waals surface area contributed by atoms with Crippen LogP contribution in [0.15, 0.2) is 30.6 Å². The summed E-state index contributed by atoms with van der Waals surface area (Å²) in [6.07, 6.45) is 2.20. The summed E-state index contributed by atoms with van der Waals surface area (Å²) in [6, 6.07) is 5.04. The van der Waals surface area contributed by atoms with Gasteiger partial charge in [0.2, 0.25) is 0 Å². The van der Waals surface area contributed by atoms with Crippen molar-refractivity contribution in [2.24, 2.45) is 5.73 Å². The molecule has 1 saturated heterocycles. The van der Waals surface area contributed by atoms with Crippen LogP contribution in [0.2, 0.25) is 0 Å². The van der Waals surface area contributed by atoms with E-state index >= 15 is 0 Å². The summed E-state index contributed by atoms with van der Waals surface area (Å²) in [5.74, 6) is -0.357. The second-order valence-electron chi connectivity index (χ2n) is 7.48. The minimum absolute atomic E-state index is 0.202. The molecule has 146 valence electrons. The van der Waals surface area contributed by atoms with Crippen LogP contribution in [-0.2, 0) is 6.54 Å². The molecule has 1 aliphatic heterocycles. The minimum atomic E-state index is -1.14. The molecular formula is C19H25FN4O3. The molecule has 1 aliphatic rings. The highest BCUT2D eigenvalue weighted by molar-refractivity contribution is 5.97. The van der Waals surface area contributed by atoms with E-state index in [4.69, 9.17) is 10.5 Å². The number of amides is 1. The first-order valence-electron chi connectivity index (χ1n) is 8.93. The fourth-order valence-electron chi connectivity index (χ4n) is 3.09. The van der Waals surface area contributed by atoms with E-state index in [1.807, 2.05) is 0 Å². The number of piperidine rings is 1. The van der Waals surface area contributed by atoms with E-state index in [-0.39, 0.29) is 17.9 Å². The highest BCUT2D eigenvalue weighted by Crippen LogP contribution is 2.29. The van der Waals surface area contributed by atoms with E-state index in [0.29, 0.717) is 19.5 Å². The van der Waals surface area contributed by atoms with Gasteiger partial charge in [-0.1, -0.05) is 6.07 Å². The molecule has 0 unspecified atom stereocenters. The van der Waals surface area contributed by atoms with E-state index in [1.54, 1.807) is 49.1 Å². The lowest BCUT2D eigenvalue weighted by Gasteiger charge is -2.28. The summed E-state index contributed by atoms with van der Waals surface area (Å²) < 4.78 is 21.4. The molecule has 2 atom stereocenters. The smallest absolute Gasteiger partial charge is 0.252 e. The lowest BCUT2D eigenvalue weighted by atomic mass is 10.0. The Labute approximate surface area is 157 Å². The van der Waals surface area contributed by atoms with Gasteiger partial charge in [-0.3, -0.25) is 9.48 Å². The normalized spacial score (nSPS) is 20.4. The summed E-state index contributed by atoms with van der Waals surface area (Å²) in [4.78, 5) is 11.9. The molecule has 0 radical (unpaired) electrons.